The normalized spacial score (nSPS) is 20.4. The standard InChI is InChI=1S/C13H16N2O2/c1-15-8-11(5-6-12(15)16)9-3-2-4-10(7-9)13(14)17/h2-4,7,11H,5-6,8H2,1H3,(H2,14,17). The molecule has 4 heteroatoms. The molecule has 1 unspecified atom stereocenters. The highest BCUT2D eigenvalue weighted by Crippen LogP contribution is 2.27. The third-order valence-corrected chi connectivity index (χ3v) is 3.27. The summed E-state index contributed by atoms with van der Waals surface area (Å²) >= 11 is 0. The van der Waals surface area contributed by atoms with Crippen molar-refractivity contribution in [3.63, 3.8) is 0 Å². The van der Waals surface area contributed by atoms with Crippen LogP contribution in [0.1, 0.15) is 34.7 Å². The molecule has 2 rings (SSSR count). The number of carbonyl (C=O) groups excluding carboxylic acids is 2. The summed E-state index contributed by atoms with van der Waals surface area (Å²) in [6.07, 6.45) is 1.41. The van der Waals surface area contributed by atoms with Crippen LogP contribution < -0.4 is 5.73 Å². The maximum absolute atomic E-state index is 11.4. The molecule has 0 aromatic heterocycles. The lowest BCUT2D eigenvalue weighted by Gasteiger charge is -2.30. The van der Waals surface area contributed by atoms with E-state index < -0.39 is 5.91 Å². The highest BCUT2D eigenvalue weighted by atomic mass is 16.2. The van der Waals surface area contributed by atoms with Gasteiger partial charge in [-0.15, -0.1) is 0 Å². The number of piperidine rings is 1. The number of nitrogens with zero attached hydrogens (tertiary/aromatic N) is 1. The molecule has 1 atom stereocenters. The fourth-order valence-corrected chi connectivity index (χ4v) is 2.23. The first kappa shape index (κ1) is 11.6. The Kier molecular flexibility index (Phi) is 3.13. The van der Waals surface area contributed by atoms with Gasteiger partial charge in [-0.2, -0.15) is 0 Å². The van der Waals surface area contributed by atoms with E-state index >= 15 is 0 Å². The van der Waals surface area contributed by atoms with Gasteiger partial charge >= 0.3 is 0 Å². The highest BCUT2D eigenvalue weighted by Gasteiger charge is 2.24. The van der Waals surface area contributed by atoms with Crippen LogP contribution in [-0.4, -0.2) is 30.3 Å². The van der Waals surface area contributed by atoms with Gasteiger partial charge in [-0.3, -0.25) is 9.59 Å². The maximum Gasteiger partial charge on any atom is 0.248 e. The van der Waals surface area contributed by atoms with Crippen molar-refractivity contribution in [2.24, 2.45) is 5.73 Å². The predicted molar refractivity (Wildman–Crippen MR) is 64.6 cm³/mol. The van der Waals surface area contributed by atoms with Crippen molar-refractivity contribution in [1.29, 1.82) is 0 Å². The average Bonchev–Trinajstić information content (AvgIpc) is 2.33. The first-order valence-corrected chi connectivity index (χ1v) is 5.71. The topological polar surface area (TPSA) is 63.4 Å². The van der Waals surface area contributed by atoms with E-state index in [2.05, 4.69) is 0 Å². The van der Waals surface area contributed by atoms with Crippen molar-refractivity contribution in [3.8, 4) is 0 Å². The van der Waals surface area contributed by atoms with Gasteiger partial charge in [0.05, 0.1) is 0 Å². The van der Waals surface area contributed by atoms with Crippen molar-refractivity contribution in [2.75, 3.05) is 13.6 Å². The highest BCUT2D eigenvalue weighted by molar-refractivity contribution is 5.92. The molecule has 1 aromatic carbocycles. The van der Waals surface area contributed by atoms with Crippen LogP contribution in [0.5, 0.6) is 0 Å². The Hall–Kier alpha value is -1.84. The van der Waals surface area contributed by atoms with Crippen LogP contribution >= 0.6 is 0 Å². The summed E-state index contributed by atoms with van der Waals surface area (Å²) < 4.78 is 0. The molecule has 1 fully saturated rings. The fourth-order valence-electron chi connectivity index (χ4n) is 2.23. The number of likely N-dealkylation sites (tertiary alicyclic amines) is 1. The monoisotopic (exact) mass is 232 g/mol. The third kappa shape index (κ3) is 2.46. The largest absolute Gasteiger partial charge is 0.366 e. The molecular formula is C13H16N2O2. The second kappa shape index (κ2) is 4.57. The summed E-state index contributed by atoms with van der Waals surface area (Å²) in [6, 6.07) is 7.37. The predicted octanol–water partition coefficient (Wildman–Crippen LogP) is 1.12. The minimum Gasteiger partial charge on any atom is -0.366 e. The molecule has 2 N–H and O–H groups in total. The Labute approximate surface area is 100 Å². The van der Waals surface area contributed by atoms with Crippen LogP contribution in [0, 0.1) is 0 Å². The molecule has 4 nitrogen and oxygen atoms in total. The molecule has 1 saturated heterocycles. The zero-order valence-electron chi connectivity index (χ0n) is 9.85. The van der Waals surface area contributed by atoms with E-state index in [0.717, 1.165) is 12.0 Å². The van der Waals surface area contributed by atoms with Crippen molar-refractivity contribution < 1.29 is 9.59 Å². The SMILES string of the molecule is CN1CC(c2cccc(C(N)=O)c2)CCC1=O. The van der Waals surface area contributed by atoms with E-state index in [1.165, 1.54) is 0 Å². The smallest absolute Gasteiger partial charge is 0.248 e. The average molecular weight is 232 g/mol. The van der Waals surface area contributed by atoms with Crippen LogP contribution in [0.3, 0.4) is 0 Å². The Balaban J connectivity index is 2.20. The minimum atomic E-state index is -0.410. The molecule has 1 aliphatic heterocycles. The van der Waals surface area contributed by atoms with Gasteiger partial charge in [-0.25, -0.2) is 0 Å². The number of likely N-dealkylation sites (N-methyl/N-ethyl adjacent to an activating group) is 1. The van der Waals surface area contributed by atoms with Gasteiger partial charge in [0, 0.05) is 31.5 Å². The first-order chi connectivity index (χ1) is 8.08. The minimum absolute atomic E-state index is 0.187. The van der Waals surface area contributed by atoms with Gasteiger partial charge in [-0.1, -0.05) is 12.1 Å². The number of hydrogen-bond acceptors (Lipinski definition) is 2. The van der Waals surface area contributed by atoms with E-state index in [0.29, 0.717) is 24.4 Å². The van der Waals surface area contributed by atoms with E-state index in [1.54, 1.807) is 11.0 Å². The molecule has 17 heavy (non-hydrogen) atoms. The van der Waals surface area contributed by atoms with Crippen LogP contribution in [-0.2, 0) is 4.79 Å². The molecule has 90 valence electrons. The van der Waals surface area contributed by atoms with Crippen molar-refractivity contribution in [2.45, 2.75) is 18.8 Å². The number of amides is 2. The number of rotatable bonds is 2. The molecule has 0 radical (unpaired) electrons. The Morgan fingerprint density at radius 3 is 2.88 bits per heavy atom. The number of benzene rings is 1. The van der Waals surface area contributed by atoms with Gasteiger partial charge < -0.3 is 10.6 Å². The number of hydrogen-bond donors (Lipinski definition) is 1. The maximum atomic E-state index is 11.4. The van der Waals surface area contributed by atoms with E-state index in [-0.39, 0.29) is 5.91 Å². The molecule has 1 aliphatic rings. The quantitative estimate of drug-likeness (QED) is 0.830. The van der Waals surface area contributed by atoms with E-state index in [4.69, 9.17) is 5.73 Å². The van der Waals surface area contributed by atoms with Crippen molar-refractivity contribution in [1.82, 2.24) is 4.90 Å². The second-order valence-electron chi connectivity index (χ2n) is 4.50. The molecule has 1 heterocycles. The zero-order valence-corrected chi connectivity index (χ0v) is 9.85. The summed E-state index contributed by atoms with van der Waals surface area (Å²) in [5, 5.41) is 0. The van der Waals surface area contributed by atoms with Crippen LogP contribution in [0.15, 0.2) is 24.3 Å². The summed E-state index contributed by atoms with van der Waals surface area (Å²) in [7, 11) is 1.81. The fraction of sp³-hybridized carbons (Fsp3) is 0.385. The molecule has 2 amide bonds. The molecular weight excluding hydrogens is 216 g/mol. The molecule has 0 bridgehead atoms. The van der Waals surface area contributed by atoms with Crippen LogP contribution in [0.25, 0.3) is 0 Å². The number of nitrogens with two attached hydrogens (primary N) is 1. The summed E-state index contributed by atoms with van der Waals surface area (Å²) in [5.74, 6) is 0.0800. The summed E-state index contributed by atoms with van der Waals surface area (Å²) in [5.41, 5.74) is 6.87. The molecule has 0 spiro atoms. The Bertz CT molecular complexity index is 456. The van der Waals surface area contributed by atoms with Crippen LogP contribution in [0.2, 0.25) is 0 Å². The second-order valence-corrected chi connectivity index (χ2v) is 4.50. The van der Waals surface area contributed by atoms with Gasteiger partial charge in [0.15, 0.2) is 0 Å². The Morgan fingerprint density at radius 2 is 2.24 bits per heavy atom. The van der Waals surface area contributed by atoms with E-state index in [9.17, 15) is 9.59 Å². The summed E-state index contributed by atoms with van der Waals surface area (Å²) in [6.45, 7) is 0.709. The lowest BCUT2D eigenvalue weighted by Crippen LogP contribution is -2.35. The Morgan fingerprint density at radius 1 is 1.47 bits per heavy atom. The van der Waals surface area contributed by atoms with Gasteiger partial charge in [0.2, 0.25) is 11.8 Å². The molecule has 1 aromatic rings. The van der Waals surface area contributed by atoms with Crippen LogP contribution in [0.4, 0.5) is 0 Å². The van der Waals surface area contributed by atoms with Gasteiger partial charge in [0.25, 0.3) is 0 Å². The zero-order chi connectivity index (χ0) is 12.4. The number of primary amides is 1. The van der Waals surface area contributed by atoms with Crippen molar-refractivity contribution >= 4 is 11.8 Å². The summed E-state index contributed by atoms with van der Waals surface area (Å²) in [4.78, 5) is 24.2. The first-order valence-electron chi connectivity index (χ1n) is 5.71. The molecule has 0 saturated carbocycles. The molecule has 0 aliphatic carbocycles. The lowest BCUT2D eigenvalue weighted by molar-refractivity contribution is -0.132. The lowest BCUT2D eigenvalue weighted by atomic mass is 9.89. The third-order valence-electron chi connectivity index (χ3n) is 3.27. The van der Waals surface area contributed by atoms with Gasteiger partial charge in [0.1, 0.15) is 0 Å². The van der Waals surface area contributed by atoms with E-state index in [1.807, 2.05) is 25.2 Å². The number of carbonyl (C=O) groups is 2. The van der Waals surface area contributed by atoms with Crippen molar-refractivity contribution in [3.05, 3.63) is 35.4 Å². The van der Waals surface area contributed by atoms with Gasteiger partial charge in [-0.05, 0) is 24.1 Å².